The Labute approximate surface area is 87.0 Å². The molecular formula is C5H14NO7PSi. The first-order valence-corrected chi connectivity index (χ1v) is 8.78. The van der Waals surface area contributed by atoms with Crippen LogP contribution >= 0.6 is 7.14 Å². The summed E-state index contributed by atoms with van der Waals surface area (Å²) < 4.78 is 15.8. The fraction of sp³-hybridized carbons (Fsp3) is 1.00. The van der Waals surface area contributed by atoms with Crippen LogP contribution in [0.4, 0.5) is 0 Å². The molecule has 7 N–H and O–H groups in total. The van der Waals surface area contributed by atoms with Gasteiger partial charge in [-0.05, 0) is 0 Å². The maximum atomic E-state index is 10.9. The topological polar surface area (TPSA) is 153 Å². The van der Waals surface area contributed by atoms with Crippen LogP contribution in [-0.2, 0) is 9.30 Å². The molecule has 5 atom stereocenters. The average Bonchev–Trinajstić information content (AvgIpc) is 2.41. The molecule has 0 radical (unpaired) electrons. The average molecular weight is 259 g/mol. The highest BCUT2D eigenvalue weighted by molar-refractivity contribution is 7.86. The van der Waals surface area contributed by atoms with E-state index in [9.17, 15) is 14.8 Å². The molecule has 15 heavy (non-hydrogen) atoms. The first-order valence-electron chi connectivity index (χ1n) is 4.22. The largest absolute Gasteiger partial charge is 0.394 e. The van der Waals surface area contributed by atoms with Crippen molar-refractivity contribution in [2.75, 3.05) is 6.61 Å². The Bertz CT molecular complexity index is 272. The van der Waals surface area contributed by atoms with Gasteiger partial charge in [0, 0.05) is 0 Å². The molecule has 1 heterocycles. The van der Waals surface area contributed by atoms with Gasteiger partial charge in [-0.1, -0.05) is 0 Å². The van der Waals surface area contributed by atoms with E-state index in [0.717, 1.165) is 0 Å². The Morgan fingerprint density at radius 1 is 1.33 bits per heavy atom. The molecule has 0 spiro atoms. The fourth-order valence-corrected chi connectivity index (χ4v) is 4.67. The van der Waals surface area contributed by atoms with Gasteiger partial charge < -0.3 is 35.2 Å². The van der Waals surface area contributed by atoms with E-state index in [1.807, 2.05) is 0 Å². The molecule has 0 aromatic rings. The van der Waals surface area contributed by atoms with Gasteiger partial charge in [0.05, 0.1) is 6.61 Å². The van der Waals surface area contributed by atoms with Crippen molar-refractivity contribution in [3.8, 4) is 0 Å². The predicted molar refractivity (Wildman–Crippen MR) is 51.1 cm³/mol. The fourth-order valence-electron chi connectivity index (χ4n) is 1.40. The molecule has 0 amide bonds. The summed E-state index contributed by atoms with van der Waals surface area (Å²) in [6.07, 6.45) is -3.88. The molecular weight excluding hydrogens is 245 g/mol. The van der Waals surface area contributed by atoms with Gasteiger partial charge in [-0.2, -0.15) is 0 Å². The summed E-state index contributed by atoms with van der Waals surface area (Å²) in [5.41, 5.74) is -1.25. The summed E-state index contributed by atoms with van der Waals surface area (Å²) in [5, 5.41) is 32.8. The van der Waals surface area contributed by atoms with E-state index in [2.05, 4.69) is 0 Å². The molecule has 10 heteroatoms. The second kappa shape index (κ2) is 4.58. The maximum Gasteiger partial charge on any atom is 0.308 e. The normalized spacial score (nSPS) is 39.3. The zero-order valence-corrected chi connectivity index (χ0v) is 9.72. The lowest BCUT2D eigenvalue weighted by molar-refractivity contribution is -0.00928. The van der Waals surface area contributed by atoms with Crippen molar-refractivity contribution in [1.82, 2.24) is 0 Å². The van der Waals surface area contributed by atoms with E-state index in [1.165, 1.54) is 0 Å². The van der Waals surface area contributed by atoms with E-state index < -0.39 is 46.4 Å². The van der Waals surface area contributed by atoms with Gasteiger partial charge in [-0.25, -0.2) is 0 Å². The lowest BCUT2D eigenvalue weighted by Gasteiger charge is -2.20. The number of rotatable bonds is 3. The molecule has 1 rings (SSSR count). The van der Waals surface area contributed by atoms with Gasteiger partial charge in [0.1, 0.15) is 24.0 Å². The van der Waals surface area contributed by atoms with E-state index in [4.69, 9.17) is 25.0 Å². The van der Waals surface area contributed by atoms with Gasteiger partial charge in [0.15, 0.2) is 0 Å². The van der Waals surface area contributed by atoms with Crippen molar-refractivity contribution >= 4 is 15.8 Å². The Hall–Kier alpha value is 0.167. The SMILES string of the molecule is N[SiH](C1O[C@H](CO)[C@@H](O)[C@H]1O)P(=O)(O)O. The molecule has 90 valence electrons. The first-order chi connectivity index (χ1) is 6.79. The number of ether oxygens (including phenoxy) is 1. The molecule has 2 unspecified atom stereocenters. The number of hydrogen-bond donors (Lipinski definition) is 6. The predicted octanol–water partition coefficient (Wildman–Crippen LogP) is -3.64. The van der Waals surface area contributed by atoms with Crippen LogP contribution in [0.25, 0.3) is 0 Å². The Balaban J connectivity index is 2.77. The van der Waals surface area contributed by atoms with Crippen LogP contribution in [0.5, 0.6) is 0 Å². The van der Waals surface area contributed by atoms with Crippen molar-refractivity contribution in [3.63, 3.8) is 0 Å². The smallest absolute Gasteiger partial charge is 0.308 e. The molecule has 1 aliphatic heterocycles. The van der Waals surface area contributed by atoms with Crippen LogP contribution in [0.3, 0.4) is 0 Å². The summed E-state index contributed by atoms with van der Waals surface area (Å²) in [4.78, 5) is 17.6. The zero-order valence-electron chi connectivity index (χ0n) is 7.67. The van der Waals surface area contributed by atoms with Crippen LogP contribution < -0.4 is 5.40 Å². The molecule has 1 fully saturated rings. The minimum Gasteiger partial charge on any atom is -0.394 e. The van der Waals surface area contributed by atoms with E-state index in [0.29, 0.717) is 0 Å². The molecule has 1 saturated heterocycles. The van der Waals surface area contributed by atoms with Crippen molar-refractivity contribution in [1.29, 1.82) is 0 Å². The Morgan fingerprint density at radius 2 is 1.87 bits per heavy atom. The van der Waals surface area contributed by atoms with E-state index in [1.54, 1.807) is 0 Å². The maximum absolute atomic E-state index is 10.9. The molecule has 0 aliphatic carbocycles. The minimum absolute atomic E-state index is 0.545. The highest BCUT2D eigenvalue weighted by Crippen LogP contribution is 2.40. The Kier molecular flexibility index (Phi) is 4.04. The van der Waals surface area contributed by atoms with E-state index >= 15 is 0 Å². The van der Waals surface area contributed by atoms with Gasteiger partial charge in [-0.3, -0.25) is 4.57 Å². The third-order valence-corrected chi connectivity index (χ3v) is 7.52. The highest BCUT2D eigenvalue weighted by Gasteiger charge is 2.50. The summed E-state index contributed by atoms with van der Waals surface area (Å²) >= 11 is 0. The second-order valence-electron chi connectivity index (χ2n) is 3.38. The lowest BCUT2D eigenvalue weighted by Crippen LogP contribution is -2.47. The third kappa shape index (κ3) is 2.64. The number of aliphatic hydroxyl groups is 3. The molecule has 0 saturated carbocycles. The molecule has 1 aliphatic rings. The van der Waals surface area contributed by atoms with Crippen molar-refractivity contribution < 1.29 is 34.4 Å². The van der Waals surface area contributed by atoms with Gasteiger partial charge in [-0.15, -0.1) is 0 Å². The summed E-state index contributed by atoms with van der Waals surface area (Å²) in [7, 11) is -7.64. The first kappa shape index (κ1) is 13.2. The van der Waals surface area contributed by atoms with Crippen molar-refractivity contribution in [2.24, 2.45) is 5.40 Å². The number of aliphatic hydroxyl groups excluding tert-OH is 3. The molecule has 8 nitrogen and oxygen atoms in total. The minimum atomic E-state index is -4.47. The zero-order chi connectivity index (χ0) is 11.8. The quantitative estimate of drug-likeness (QED) is 0.224. The van der Waals surface area contributed by atoms with Gasteiger partial charge in [0.25, 0.3) is 8.63 Å². The van der Waals surface area contributed by atoms with Crippen LogP contribution in [0.2, 0.25) is 0 Å². The standard InChI is InChI=1S/C5H14NO7PSi/c6-15(14(10,11)12)5-4(9)3(8)2(1-7)13-5/h2-5,7-9,15H,1,6H2,(H2,10,11,12)/t2-,3-,4-,5?,15?/m1/s1. The van der Waals surface area contributed by atoms with Crippen molar-refractivity contribution in [3.05, 3.63) is 0 Å². The third-order valence-electron chi connectivity index (χ3n) is 2.30. The number of hydrogen-bond acceptors (Lipinski definition) is 6. The van der Waals surface area contributed by atoms with Gasteiger partial charge >= 0.3 is 7.14 Å². The lowest BCUT2D eigenvalue weighted by atomic mass is 10.2. The second-order valence-corrected chi connectivity index (χ2v) is 10.0. The van der Waals surface area contributed by atoms with Crippen LogP contribution in [0, 0.1) is 0 Å². The van der Waals surface area contributed by atoms with Gasteiger partial charge in [0.2, 0.25) is 0 Å². The van der Waals surface area contributed by atoms with Crippen LogP contribution in [-0.4, -0.2) is 64.4 Å². The monoisotopic (exact) mass is 259 g/mol. The summed E-state index contributed by atoms with van der Waals surface area (Å²) in [5.74, 6) is 0. The van der Waals surface area contributed by atoms with Crippen LogP contribution in [0.15, 0.2) is 0 Å². The highest BCUT2D eigenvalue weighted by atomic mass is 31.4. The molecule has 0 aromatic heterocycles. The van der Waals surface area contributed by atoms with E-state index in [-0.39, 0.29) is 0 Å². The van der Waals surface area contributed by atoms with Crippen molar-refractivity contribution in [2.45, 2.75) is 24.0 Å². The Morgan fingerprint density at radius 3 is 2.20 bits per heavy atom. The van der Waals surface area contributed by atoms with Crippen LogP contribution in [0.1, 0.15) is 0 Å². The number of nitrogens with two attached hydrogens (primary N) is 1. The summed E-state index contributed by atoms with van der Waals surface area (Å²) in [6, 6.07) is 0. The summed E-state index contributed by atoms with van der Waals surface area (Å²) in [6.45, 7) is -0.545. The molecule has 0 bridgehead atoms. The molecule has 0 aromatic carbocycles.